The molecule has 0 bridgehead atoms. The van der Waals surface area contributed by atoms with Gasteiger partial charge in [-0.05, 0) is 54.8 Å². The number of ketones is 1. The number of carbonyl (C=O) groups is 1. The van der Waals surface area contributed by atoms with Gasteiger partial charge in [-0.15, -0.1) is 11.3 Å². The lowest BCUT2D eigenvalue weighted by molar-refractivity contribution is 0.0994. The number of carbonyl (C=O) groups excluding carboxylic acids is 1. The third-order valence-corrected chi connectivity index (χ3v) is 6.37. The first kappa shape index (κ1) is 19.4. The Morgan fingerprint density at radius 1 is 1.10 bits per heavy atom. The smallest absolute Gasteiger partial charge is 0.267 e. The Morgan fingerprint density at radius 3 is 2.52 bits per heavy atom. The van der Waals surface area contributed by atoms with Crippen molar-refractivity contribution in [1.82, 2.24) is 9.55 Å². The zero-order valence-corrected chi connectivity index (χ0v) is 17.5. The van der Waals surface area contributed by atoms with Crippen LogP contribution >= 0.6 is 23.1 Å². The number of aromatic nitrogens is 2. The number of thioether (sulfide) groups is 1. The first-order valence-corrected chi connectivity index (χ1v) is 10.7. The average Bonchev–Trinajstić information content (AvgIpc) is 3.23. The summed E-state index contributed by atoms with van der Waals surface area (Å²) in [6.45, 7) is 1.83. The Hall–Kier alpha value is -2.90. The molecule has 7 heteroatoms. The molecule has 0 fully saturated rings. The van der Waals surface area contributed by atoms with E-state index in [9.17, 15) is 9.59 Å². The molecule has 2 aromatic heterocycles. The molecular formula is C22H18N2O3S2. The predicted molar refractivity (Wildman–Crippen MR) is 118 cm³/mol. The highest BCUT2D eigenvalue weighted by atomic mass is 32.2. The third-order valence-electron chi connectivity index (χ3n) is 4.51. The van der Waals surface area contributed by atoms with E-state index in [4.69, 9.17) is 4.74 Å². The summed E-state index contributed by atoms with van der Waals surface area (Å²) >= 11 is 2.71. The molecule has 1 unspecified atom stereocenters. The van der Waals surface area contributed by atoms with Crippen molar-refractivity contribution in [2.75, 3.05) is 7.11 Å². The number of thiophene rings is 1. The van der Waals surface area contributed by atoms with Gasteiger partial charge in [-0.1, -0.05) is 30.0 Å². The lowest BCUT2D eigenvalue weighted by Crippen LogP contribution is -2.23. The number of rotatable bonds is 6. The molecule has 2 aromatic carbocycles. The van der Waals surface area contributed by atoms with Gasteiger partial charge >= 0.3 is 0 Å². The quantitative estimate of drug-likeness (QED) is 0.253. The van der Waals surface area contributed by atoms with Crippen LogP contribution in [0, 0.1) is 0 Å². The van der Waals surface area contributed by atoms with Crippen LogP contribution in [0.4, 0.5) is 0 Å². The van der Waals surface area contributed by atoms with Crippen molar-refractivity contribution in [2.24, 2.45) is 0 Å². The largest absolute Gasteiger partial charge is 0.497 e. The second kappa shape index (κ2) is 8.23. The van der Waals surface area contributed by atoms with E-state index in [1.807, 2.05) is 42.6 Å². The molecule has 5 nitrogen and oxygen atoms in total. The highest BCUT2D eigenvalue weighted by Gasteiger charge is 2.21. The molecule has 0 spiro atoms. The Bertz CT molecular complexity index is 1210. The Labute approximate surface area is 176 Å². The maximum Gasteiger partial charge on any atom is 0.267 e. The lowest BCUT2D eigenvalue weighted by atomic mass is 10.1. The number of Topliss-reactive ketones (excluding diaryl/α,β-unsaturated/α-hetero) is 1. The van der Waals surface area contributed by atoms with Crippen molar-refractivity contribution >= 4 is 39.1 Å². The fourth-order valence-corrected chi connectivity index (χ4v) is 4.79. The van der Waals surface area contributed by atoms with Gasteiger partial charge in [-0.25, -0.2) is 4.98 Å². The molecule has 29 heavy (non-hydrogen) atoms. The molecule has 4 aromatic rings. The Morgan fingerprint density at radius 2 is 1.83 bits per heavy atom. The van der Waals surface area contributed by atoms with Crippen LogP contribution in [0.15, 0.2) is 76.0 Å². The Balaban J connectivity index is 1.73. The van der Waals surface area contributed by atoms with Crippen molar-refractivity contribution in [2.45, 2.75) is 17.3 Å². The number of fused-ring (bicyclic) bond motifs is 1. The van der Waals surface area contributed by atoms with Crippen molar-refractivity contribution in [3.63, 3.8) is 0 Å². The monoisotopic (exact) mass is 422 g/mol. The van der Waals surface area contributed by atoms with Crippen LogP contribution < -0.4 is 10.3 Å². The van der Waals surface area contributed by atoms with Crippen LogP contribution in [0.2, 0.25) is 0 Å². The second-order valence-corrected chi connectivity index (χ2v) is 8.57. The van der Waals surface area contributed by atoms with Gasteiger partial charge in [-0.3, -0.25) is 14.2 Å². The predicted octanol–water partition coefficient (Wildman–Crippen LogP) is 4.82. The molecule has 146 valence electrons. The second-order valence-electron chi connectivity index (χ2n) is 6.36. The van der Waals surface area contributed by atoms with E-state index in [1.54, 1.807) is 42.0 Å². The van der Waals surface area contributed by atoms with E-state index >= 15 is 0 Å². The van der Waals surface area contributed by atoms with Crippen LogP contribution in [0.25, 0.3) is 15.9 Å². The number of para-hydroxylation sites is 1. The Kier molecular flexibility index (Phi) is 5.51. The van der Waals surface area contributed by atoms with Crippen LogP contribution in [-0.4, -0.2) is 27.7 Å². The zero-order valence-electron chi connectivity index (χ0n) is 15.9. The standard InChI is InChI=1S/C22H18N2O3S2/c1-14(19(25)15-8-10-17(27-2)11-9-15)29-22-23-20-18(12-13-28-20)21(26)24(22)16-6-4-3-5-7-16/h3-14H,1-2H3. The zero-order chi connectivity index (χ0) is 20.4. The van der Waals surface area contributed by atoms with E-state index in [0.29, 0.717) is 26.7 Å². The van der Waals surface area contributed by atoms with Crippen LogP contribution in [0.3, 0.4) is 0 Å². The van der Waals surface area contributed by atoms with Crippen molar-refractivity contribution in [1.29, 1.82) is 0 Å². The summed E-state index contributed by atoms with van der Waals surface area (Å²) in [6.07, 6.45) is 0. The minimum Gasteiger partial charge on any atom is -0.497 e. The summed E-state index contributed by atoms with van der Waals surface area (Å²) in [5, 5.41) is 2.53. The highest BCUT2D eigenvalue weighted by Crippen LogP contribution is 2.28. The molecule has 0 aliphatic rings. The van der Waals surface area contributed by atoms with Gasteiger partial charge in [0.05, 0.1) is 23.4 Å². The summed E-state index contributed by atoms with van der Waals surface area (Å²) < 4.78 is 6.73. The number of ether oxygens (including phenoxy) is 1. The van der Waals surface area contributed by atoms with Crippen LogP contribution in [-0.2, 0) is 0 Å². The number of methoxy groups -OCH3 is 1. The van der Waals surface area contributed by atoms with Gasteiger partial charge < -0.3 is 4.74 Å². The van der Waals surface area contributed by atoms with Crippen LogP contribution in [0.1, 0.15) is 17.3 Å². The van der Waals surface area contributed by atoms with Crippen molar-refractivity contribution < 1.29 is 9.53 Å². The summed E-state index contributed by atoms with van der Waals surface area (Å²) in [5.41, 5.74) is 1.19. The maximum absolute atomic E-state index is 13.1. The maximum atomic E-state index is 13.1. The number of nitrogens with zero attached hydrogens (tertiary/aromatic N) is 2. The summed E-state index contributed by atoms with van der Waals surface area (Å²) in [6, 6.07) is 18.2. The van der Waals surface area contributed by atoms with Gasteiger partial charge in [0.1, 0.15) is 10.6 Å². The minimum atomic E-state index is -0.414. The molecule has 0 saturated carbocycles. The first-order valence-electron chi connectivity index (χ1n) is 8.99. The lowest BCUT2D eigenvalue weighted by Gasteiger charge is -2.15. The van der Waals surface area contributed by atoms with E-state index < -0.39 is 5.25 Å². The number of hydrogen-bond acceptors (Lipinski definition) is 6. The van der Waals surface area contributed by atoms with E-state index in [0.717, 1.165) is 5.69 Å². The summed E-state index contributed by atoms with van der Waals surface area (Å²) in [7, 11) is 1.59. The molecule has 0 radical (unpaired) electrons. The van der Waals surface area contributed by atoms with Gasteiger partial charge in [0.15, 0.2) is 10.9 Å². The van der Waals surface area contributed by atoms with E-state index in [2.05, 4.69) is 4.98 Å². The highest BCUT2D eigenvalue weighted by molar-refractivity contribution is 8.00. The molecular weight excluding hydrogens is 404 g/mol. The van der Waals surface area contributed by atoms with Gasteiger partial charge in [0.25, 0.3) is 5.56 Å². The van der Waals surface area contributed by atoms with E-state index in [1.165, 1.54) is 23.1 Å². The SMILES string of the molecule is COc1ccc(C(=O)C(C)Sc2nc3sccc3c(=O)n2-c2ccccc2)cc1. The molecule has 0 aliphatic heterocycles. The third kappa shape index (κ3) is 3.83. The number of benzene rings is 2. The molecule has 1 atom stereocenters. The summed E-state index contributed by atoms with van der Waals surface area (Å²) in [5.74, 6) is 0.669. The van der Waals surface area contributed by atoms with Crippen molar-refractivity contribution in [3.8, 4) is 11.4 Å². The molecule has 0 N–H and O–H groups in total. The van der Waals surface area contributed by atoms with E-state index in [-0.39, 0.29) is 11.3 Å². The fraction of sp³-hybridized carbons (Fsp3) is 0.136. The normalized spacial score (nSPS) is 12.1. The summed E-state index contributed by atoms with van der Waals surface area (Å²) in [4.78, 5) is 31.4. The van der Waals surface area contributed by atoms with Gasteiger partial charge in [-0.2, -0.15) is 0 Å². The van der Waals surface area contributed by atoms with Gasteiger partial charge in [0, 0.05) is 5.56 Å². The fourth-order valence-electron chi connectivity index (χ4n) is 2.98. The molecule has 2 heterocycles. The molecule has 0 aliphatic carbocycles. The topological polar surface area (TPSA) is 61.2 Å². The minimum absolute atomic E-state index is 0.0298. The van der Waals surface area contributed by atoms with Crippen molar-refractivity contribution in [3.05, 3.63) is 82.0 Å². The first-order chi connectivity index (χ1) is 14.1. The van der Waals surface area contributed by atoms with Gasteiger partial charge in [0.2, 0.25) is 0 Å². The molecule has 4 rings (SSSR count). The molecule has 0 amide bonds. The van der Waals surface area contributed by atoms with Crippen LogP contribution in [0.5, 0.6) is 5.75 Å². The molecule has 0 saturated heterocycles. The average molecular weight is 423 g/mol. The number of hydrogen-bond donors (Lipinski definition) is 0.